The number of nitrogens with one attached hydrogen (secondary N) is 1. The van der Waals surface area contributed by atoms with Crippen LogP contribution >= 0.6 is 0 Å². The molecule has 0 radical (unpaired) electrons. The van der Waals surface area contributed by atoms with Crippen LogP contribution in [0.25, 0.3) is 0 Å². The van der Waals surface area contributed by atoms with E-state index in [0.29, 0.717) is 6.54 Å². The molecule has 3 rings (SSSR count). The van der Waals surface area contributed by atoms with Crippen molar-refractivity contribution in [1.29, 1.82) is 0 Å². The Kier molecular flexibility index (Phi) is 7.63. The highest BCUT2D eigenvalue weighted by molar-refractivity contribution is 5.88. The maximum Gasteiger partial charge on any atom is 0.410 e. The van der Waals surface area contributed by atoms with Gasteiger partial charge >= 0.3 is 6.09 Å². The molecule has 33 heavy (non-hydrogen) atoms. The lowest BCUT2D eigenvalue weighted by molar-refractivity contribution is -0.143. The Morgan fingerprint density at radius 2 is 1.85 bits per heavy atom. The average Bonchev–Trinajstić information content (AvgIpc) is 3.11. The minimum absolute atomic E-state index is 0.0291. The summed E-state index contributed by atoms with van der Waals surface area (Å²) in [5.41, 5.74) is 0.756. The van der Waals surface area contributed by atoms with E-state index in [1.165, 1.54) is 19.1 Å². The van der Waals surface area contributed by atoms with Gasteiger partial charge in [-0.05, 0) is 36.2 Å². The van der Waals surface area contributed by atoms with E-state index in [4.69, 9.17) is 14.2 Å². The molecule has 7 nitrogen and oxygen atoms in total. The molecule has 2 fully saturated rings. The number of likely N-dealkylation sites (tertiary alicyclic amines) is 1. The average molecular weight is 469 g/mol. The normalized spacial score (nSPS) is 24.4. The number of carbonyl (C=O) groups excluding carboxylic acids is 2. The summed E-state index contributed by atoms with van der Waals surface area (Å²) in [6, 6.07) is 7.76. The molecule has 1 saturated heterocycles. The van der Waals surface area contributed by atoms with Crippen LogP contribution in [0.4, 0.5) is 13.6 Å². The minimum Gasteiger partial charge on any atom is -0.445 e. The zero-order valence-electron chi connectivity index (χ0n) is 19.8. The largest absolute Gasteiger partial charge is 0.445 e. The van der Waals surface area contributed by atoms with Crippen molar-refractivity contribution in [3.63, 3.8) is 0 Å². The van der Waals surface area contributed by atoms with Gasteiger partial charge in [-0.3, -0.25) is 9.69 Å². The van der Waals surface area contributed by atoms with Crippen LogP contribution in [0.5, 0.6) is 0 Å². The van der Waals surface area contributed by atoms with Gasteiger partial charge in [-0.2, -0.15) is 0 Å². The van der Waals surface area contributed by atoms with Crippen molar-refractivity contribution < 1.29 is 32.6 Å². The van der Waals surface area contributed by atoms with Gasteiger partial charge in [-0.1, -0.05) is 44.2 Å². The number of amides is 2. The molecular formula is C24H34F2N2O5. The molecule has 2 aliphatic rings. The monoisotopic (exact) mass is 468 g/mol. The second-order valence-corrected chi connectivity index (χ2v) is 9.65. The van der Waals surface area contributed by atoms with Crippen LogP contribution in [-0.2, 0) is 25.6 Å². The van der Waals surface area contributed by atoms with Crippen LogP contribution in [0.3, 0.4) is 0 Å². The highest BCUT2D eigenvalue weighted by Crippen LogP contribution is 2.64. The molecular weight excluding hydrogens is 434 g/mol. The topological polar surface area (TPSA) is 77.1 Å². The zero-order valence-corrected chi connectivity index (χ0v) is 19.8. The Balaban J connectivity index is 1.71. The first-order valence-corrected chi connectivity index (χ1v) is 11.2. The molecule has 1 heterocycles. The third-order valence-corrected chi connectivity index (χ3v) is 6.93. The second-order valence-electron chi connectivity index (χ2n) is 9.65. The molecule has 0 bridgehead atoms. The van der Waals surface area contributed by atoms with Gasteiger partial charge in [0.2, 0.25) is 11.8 Å². The molecule has 1 aliphatic heterocycles. The van der Waals surface area contributed by atoms with E-state index >= 15 is 0 Å². The molecule has 4 atom stereocenters. The number of piperidine rings is 1. The van der Waals surface area contributed by atoms with Gasteiger partial charge in [0.1, 0.15) is 12.6 Å². The first kappa shape index (κ1) is 25.4. The Hall–Kier alpha value is -2.26. The maximum atomic E-state index is 13.5. The van der Waals surface area contributed by atoms with Gasteiger partial charge in [-0.15, -0.1) is 0 Å². The van der Waals surface area contributed by atoms with Crippen LogP contribution in [0.2, 0.25) is 0 Å². The molecule has 1 aliphatic carbocycles. The number of fused-ring (bicyclic) bond motifs is 1. The molecule has 0 aromatic heterocycles. The quantitative estimate of drug-likeness (QED) is 0.529. The van der Waals surface area contributed by atoms with E-state index in [1.54, 1.807) is 0 Å². The highest BCUT2D eigenvalue weighted by atomic mass is 19.3. The van der Waals surface area contributed by atoms with E-state index in [2.05, 4.69) is 19.2 Å². The fourth-order valence-corrected chi connectivity index (χ4v) is 4.95. The molecule has 0 unspecified atom stereocenters. The van der Waals surface area contributed by atoms with Crippen molar-refractivity contribution in [1.82, 2.24) is 10.2 Å². The summed E-state index contributed by atoms with van der Waals surface area (Å²) < 4.78 is 42.9. The van der Waals surface area contributed by atoms with Gasteiger partial charge < -0.3 is 19.5 Å². The van der Waals surface area contributed by atoms with Gasteiger partial charge in [0.25, 0.3) is 0 Å². The Morgan fingerprint density at radius 1 is 1.21 bits per heavy atom. The van der Waals surface area contributed by atoms with Crippen molar-refractivity contribution >= 4 is 12.0 Å². The summed E-state index contributed by atoms with van der Waals surface area (Å²) in [5.74, 6) is -3.15. The van der Waals surface area contributed by atoms with E-state index < -0.39 is 42.7 Å². The SMILES string of the molecule is COC(OC)[C@H](CCC(C)(F)F)NC(=O)[C@@H]1[C@@H]2[C@H](CN1C(=O)OCc1ccccc1)C2(C)C. The summed E-state index contributed by atoms with van der Waals surface area (Å²) in [5, 5.41) is 2.82. The van der Waals surface area contributed by atoms with E-state index in [1.807, 2.05) is 30.3 Å². The van der Waals surface area contributed by atoms with Gasteiger partial charge in [0.05, 0.1) is 6.04 Å². The third kappa shape index (κ3) is 5.81. The van der Waals surface area contributed by atoms with Crippen molar-refractivity contribution in [3.05, 3.63) is 35.9 Å². The van der Waals surface area contributed by atoms with Gasteiger partial charge in [0, 0.05) is 27.2 Å². The lowest BCUT2D eigenvalue weighted by Crippen LogP contribution is -2.55. The molecule has 1 saturated carbocycles. The molecule has 2 amide bonds. The first-order chi connectivity index (χ1) is 15.5. The van der Waals surface area contributed by atoms with Crippen LogP contribution < -0.4 is 5.32 Å². The molecule has 0 spiro atoms. The lowest BCUT2D eigenvalue weighted by atomic mass is 10.00. The van der Waals surface area contributed by atoms with Crippen molar-refractivity contribution in [2.75, 3.05) is 20.8 Å². The summed E-state index contributed by atoms with van der Waals surface area (Å²) in [7, 11) is 2.78. The summed E-state index contributed by atoms with van der Waals surface area (Å²) in [4.78, 5) is 27.7. The second kappa shape index (κ2) is 9.93. The number of benzene rings is 1. The maximum absolute atomic E-state index is 13.5. The Bertz CT molecular complexity index is 826. The van der Waals surface area contributed by atoms with Gasteiger partial charge in [-0.25, -0.2) is 13.6 Å². The number of halogens is 2. The number of methoxy groups -OCH3 is 2. The molecule has 1 N–H and O–H groups in total. The van der Waals surface area contributed by atoms with Crippen LogP contribution in [-0.4, -0.2) is 62.0 Å². The van der Waals surface area contributed by atoms with Crippen molar-refractivity contribution in [2.24, 2.45) is 17.3 Å². The third-order valence-electron chi connectivity index (χ3n) is 6.93. The van der Waals surface area contributed by atoms with E-state index in [-0.39, 0.29) is 30.3 Å². The molecule has 9 heteroatoms. The number of ether oxygens (including phenoxy) is 3. The van der Waals surface area contributed by atoms with Crippen LogP contribution in [0, 0.1) is 17.3 Å². The summed E-state index contributed by atoms with van der Waals surface area (Å²) in [6.45, 7) is 5.49. The van der Waals surface area contributed by atoms with Crippen molar-refractivity contribution in [3.8, 4) is 0 Å². The lowest BCUT2D eigenvalue weighted by Gasteiger charge is -2.32. The minimum atomic E-state index is -2.89. The summed E-state index contributed by atoms with van der Waals surface area (Å²) in [6.07, 6.45) is -1.93. The first-order valence-electron chi connectivity index (χ1n) is 11.2. The van der Waals surface area contributed by atoms with Crippen LogP contribution in [0.15, 0.2) is 30.3 Å². The number of hydrogen-bond donors (Lipinski definition) is 1. The fraction of sp³-hybridized carbons (Fsp3) is 0.667. The zero-order chi connectivity index (χ0) is 24.4. The highest BCUT2D eigenvalue weighted by Gasteiger charge is 2.69. The number of rotatable bonds is 10. The summed E-state index contributed by atoms with van der Waals surface area (Å²) >= 11 is 0. The predicted molar refractivity (Wildman–Crippen MR) is 117 cm³/mol. The number of nitrogens with zero attached hydrogens (tertiary/aromatic N) is 1. The molecule has 1 aromatic rings. The fourth-order valence-electron chi connectivity index (χ4n) is 4.95. The predicted octanol–water partition coefficient (Wildman–Crippen LogP) is 3.82. The Labute approximate surface area is 193 Å². The number of hydrogen-bond acceptors (Lipinski definition) is 5. The Morgan fingerprint density at radius 3 is 2.42 bits per heavy atom. The standard InChI is InChI=1S/C24H34F2N2O5/c1-23(2)16-13-28(22(30)33-14-15-9-7-6-8-10-15)19(18(16)23)20(29)27-17(21(31-4)32-5)11-12-24(3,25)26/h6-10,16-19,21H,11-14H2,1-5H3,(H,27,29)/t16-,17-,18-,19-/m0/s1. The van der Waals surface area contributed by atoms with E-state index in [0.717, 1.165) is 12.5 Å². The number of alkyl halides is 2. The van der Waals surface area contributed by atoms with Crippen LogP contribution in [0.1, 0.15) is 39.2 Å². The molecule has 1 aromatic carbocycles. The van der Waals surface area contributed by atoms with Crippen molar-refractivity contribution in [2.45, 2.75) is 64.5 Å². The van der Waals surface area contributed by atoms with E-state index in [9.17, 15) is 18.4 Å². The smallest absolute Gasteiger partial charge is 0.410 e. The number of carbonyl (C=O) groups is 2. The molecule has 184 valence electrons. The van der Waals surface area contributed by atoms with Gasteiger partial charge in [0.15, 0.2) is 6.29 Å².